The van der Waals surface area contributed by atoms with Crippen LogP contribution in [-0.2, 0) is 6.54 Å². The predicted molar refractivity (Wildman–Crippen MR) is 78.2 cm³/mol. The van der Waals surface area contributed by atoms with Crippen molar-refractivity contribution in [3.8, 4) is 11.5 Å². The average Bonchev–Trinajstić information content (AvgIpc) is 2.35. The molecule has 2 aromatic carbocycles. The molecule has 18 heavy (non-hydrogen) atoms. The van der Waals surface area contributed by atoms with E-state index in [0.717, 1.165) is 33.6 Å². The van der Waals surface area contributed by atoms with E-state index in [0.29, 0.717) is 0 Å². The molecular weight excluding hydrogens is 290 g/mol. The van der Waals surface area contributed by atoms with Crippen molar-refractivity contribution in [3.63, 3.8) is 0 Å². The van der Waals surface area contributed by atoms with Crippen molar-refractivity contribution in [1.29, 1.82) is 0 Å². The molecule has 0 fully saturated rings. The molecule has 0 bridgehead atoms. The van der Waals surface area contributed by atoms with E-state index in [1.807, 2.05) is 44.3 Å². The number of rotatable bonds is 4. The van der Waals surface area contributed by atoms with Gasteiger partial charge >= 0.3 is 0 Å². The molecule has 0 heterocycles. The molecule has 0 amide bonds. The van der Waals surface area contributed by atoms with Gasteiger partial charge in [0.1, 0.15) is 11.5 Å². The van der Waals surface area contributed by atoms with Crippen LogP contribution in [0.1, 0.15) is 11.1 Å². The largest absolute Gasteiger partial charge is 0.457 e. The van der Waals surface area contributed by atoms with Crippen LogP contribution in [0.5, 0.6) is 11.5 Å². The van der Waals surface area contributed by atoms with Crippen LogP contribution >= 0.6 is 15.9 Å². The molecule has 2 aromatic rings. The zero-order valence-electron chi connectivity index (χ0n) is 10.5. The van der Waals surface area contributed by atoms with Gasteiger partial charge in [-0.3, -0.25) is 0 Å². The maximum atomic E-state index is 5.99. The molecule has 2 nitrogen and oxygen atoms in total. The molecule has 0 atom stereocenters. The van der Waals surface area contributed by atoms with E-state index < -0.39 is 0 Å². The van der Waals surface area contributed by atoms with Crippen molar-refractivity contribution in [2.75, 3.05) is 7.05 Å². The van der Waals surface area contributed by atoms with Crippen molar-refractivity contribution in [2.24, 2.45) is 0 Å². The Balaban J connectivity index is 2.28. The molecule has 0 aliphatic rings. The fraction of sp³-hybridized carbons (Fsp3) is 0.200. The standard InChI is InChI=1S/C15H16BrNO/c1-11-9-13(16)7-8-14(11)18-15-6-4-3-5-12(15)10-17-2/h3-9,17H,10H2,1-2H3. The van der Waals surface area contributed by atoms with E-state index in [1.165, 1.54) is 0 Å². The van der Waals surface area contributed by atoms with Crippen molar-refractivity contribution >= 4 is 15.9 Å². The van der Waals surface area contributed by atoms with E-state index in [-0.39, 0.29) is 0 Å². The molecule has 0 saturated carbocycles. The van der Waals surface area contributed by atoms with Crippen molar-refractivity contribution < 1.29 is 4.74 Å². The van der Waals surface area contributed by atoms with Gasteiger partial charge in [0.15, 0.2) is 0 Å². The minimum absolute atomic E-state index is 0.797. The molecule has 0 aliphatic heterocycles. The van der Waals surface area contributed by atoms with Crippen molar-refractivity contribution in [3.05, 3.63) is 58.1 Å². The normalized spacial score (nSPS) is 10.4. The summed E-state index contributed by atoms with van der Waals surface area (Å²) in [5.41, 5.74) is 2.27. The summed E-state index contributed by atoms with van der Waals surface area (Å²) in [4.78, 5) is 0. The smallest absolute Gasteiger partial charge is 0.131 e. The average molecular weight is 306 g/mol. The molecule has 0 saturated heterocycles. The number of hydrogen-bond donors (Lipinski definition) is 1. The topological polar surface area (TPSA) is 21.3 Å². The van der Waals surface area contributed by atoms with Crippen LogP contribution in [0.4, 0.5) is 0 Å². The number of nitrogens with one attached hydrogen (secondary N) is 1. The third-order valence-corrected chi connectivity index (χ3v) is 3.19. The minimum atomic E-state index is 0.797. The fourth-order valence-electron chi connectivity index (χ4n) is 1.79. The van der Waals surface area contributed by atoms with E-state index in [2.05, 4.69) is 33.4 Å². The van der Waals surface area contributed by atoms with Gasteiger partial charge in [-0.2, -0.15) is 0 Å². The highest BCUT2D eigenvalue weighted by Crippen LogP contribution is 2.29. The van der Waals surface area contributed by atoms with Crippen LogP contribution in [0, 0.1) is 6.92 Å². The molecular formula is C15H16BrNO. The monoisotopic (exact) mass is 305 g/mol. The Hall–Kier alpha value is -1.32. The zero-order chi connectivity index (χ0) is 13.0. The number of ether oxygens (including phenoxy) is 1. The summed E-state index contributed by atoms with van der Waals surface area (Å²) in [6.45, 7) is 2.84. The zero-order valence-corrected chi connectivity index (χ0v) is 12.1. The van der Waals surface area contributed by atoms with Gasteiger partial charge in [0, 0.05) is 16.6 Å². The first-order chi connectivity index (χ1) is 8.70. The lowest BCUT2D eigenvalue weighted by Crippen LogP contribution is -2.06. The fourth-order valence-corrected chi connectivity index (χ4v) is 2.26. The molecule has 0 unspecified atom stereocenters. The highest BCUT2D eigenvalue weighted by molar-refractivity contribution is 9.10. The number of halogens is 1. The molecule has 94 valence electrons. The van der Waals surface area contributed by atoms with E-state index >= 15 is 0 Å². The summed E-state index contributed by atoms with van der Waals surface area (Å²) in [5, 5.41) is 3.15. The Morgan fingerprint density at radius 3 is 2.61 bits per heavy atom. The van der Waals surface area contributed by atoms with Crippen LogP contribution in [0.25, 0.3) is 0 Å². The Morgan fingerprint density at radius 1 is 1.11 bits per heavy atom. The first kappa shape index (κ1) is 13.1. The second-order valence-electron chi connectivity index (χ2n) is 4.15. The lowest BCUT2D eigenvalue weighted by molar-refractivity contribution is 0.470. The Kier molecular flexibility index (Phi) is 4.39. The van der Waals surface area contributed by atoms with Gasteiger partial charge in [-0.05, 0) is 43.8 Å². The summed E-state index contributed by atoms with van der Waals surface area (Å²) in [6, 6.07) is 14.1. The quantitative estimate of drug-likeness (QED) is 0.911. The van der Waals surface area contributed by atoms with Gasteiger partial charge in [-0.15, -0.1) is 0 Å². The second kappa shape index (κ2) is 6.03. The predicted octanol–water partition coefficient (Wildman–Crippen LogP) is 4.27. The summed E-state index contributed by atoms with van der Waals surface area (Å²) in [6.07, 6.45) is 0. The van der Waals surface area contributed by atoms with Crippen LogP contribution in [0.3, 0.4) is 0 Å². The second-order valence-corrected chi connectivity index (χ2v) is 5.07. The number of benzene rings is 2. The maximum Gasteiger partial charge on any atom is 0.131 e. The maximum absolute atomic E-state index is 5.99. The van der Waals surface area contributed by atoms with Gasteiger partial charge < -0.3 is 10.1 Å². The molecule has 2 rings (SSSR count). The summed E-state index contributed by atoms with van der Waals surface area (Å²) in [7, 11) is 1.93. The van der Waals surface area contributed by atoms with Gasteiger partial charge in [0.05, 0.1) is 0 Å². The number of para-hydroxylation sites is 1. The molecule has 3 heteroatoms. The van der Waals surface area contributed by atoms with Crippen LogP contribution in [0.2, 0.25) is 0 Å². The molecule has 0 aliphatic carbocycles. The SMILES string of the molecule is CNCc1ccccc1Oc1ccc(Br)cc1C. The van der Waals surface area contributed by atoms with Crippen LogP contribution < -0.4 is 10.1 Å². The van der Waals surface area contributed by atoms with Gasteiger partial charge in [0.25, 0.3) is 0 Å². The van der Waals surface area contributed by atoms with E-state index in [1.54, 1.807) is 0 Å². The Morgan fingerprint density at radius 2 is 1.89 bits per heavy atom. The van der Waals surface area contributed by atoms with Gasteiger partial charge in [-0.25, -0.2) is 0 Å². The minimum Gasteiger partial charge on any atom is -0.457 e. The van der Waals surface area contributed by atoms with E-state index in [9.17, 15) is 0 Å². The molecule has 0 radical (unpaired) electrons. The van der Waals surface area contributed by atoms with Crippen LogP contribution in [0.15, 0.2) is 46.9 Å². The van der Waals surface area contributed by atoms with Gasteiger partial charge in [0.2, 0.25) is 0 Å². The highest BCUT2D eigenvalue weighted by Gasteiger charge is 2.05. The Bertz CT molecular complexity index is 540. The lowest BCUT2D eigenvalue weighted by atomic mass is 10.2. The lowest BCUT2D eigenvalue weighted by Gasteiger charge is -2.12. The summed E-state index contributed by atoms with van der Waals surface area (Å²) >= 11 is 3.46. The van der Waals surface area contributed by atoms with Gasteiger partial charge in [-0.1, -0.05) is 34.1 Å². The number of aryl methyl sites for hydroxylation is 1. The van der Waals surface area contributed by atoms with Crippen molar-refractivity contribution in [2.45, 2.75) is 13.5 Å². The first-order valence-electron chi connectivity index (χ1n) is 5.87. The van der Waals surface area contributed by atoms with E-state index in [4.69, 9.17) is 4.74 Å². The first-order valence-corrected chi connectivity index (χ1v) is 6.66. The van der Waals surface area contributed by atoms with Crippen molar-refractivity contribution in [1.82, 2.24) is 5.32 Å². The Labute approximate surface area is 116 Å². The summed E-state index contributed by atoms with van der Waals surface area (Å²) in [5.74, 6) is 1.79. The van der Waals surface area contributed by atoms with Crippen LogP contribution in [-0.4, -0.2) is 7.05 Å². The molecule has 0 spiro atoms. The third kappa shape index (κ3) is 3.12. The third-order valence-electron chi connectivity index (χ3n) is 2.70. The molecule has 1 N–H and O–H groups in total. The highest BCUT2D eigenvalue weighted by atomic mass is 79.9. The molecule has 0 aromatic heterocycles. The summed E-state index contributed by atoms with van der Waals surface area (Å²) < 4.78 is 7.05. The number of hydrogen-bond acceptors (Lipinski definition) is 2.